The van der Waals surface area contributed by atoms with Crippen LogP contribution in [0.2, 0.25) is 0 Å². The number of alkyl halides is 3. The fourth-order valence-corrected chi connectivity index (χ4v) is 2.80. The Morgan fingerprint density at radius 1 is 1.42 bits per heavy atom. The van der Waals surface area contributed by atoms with Crippen LogP contribution in [0.15, 0.2) is 35.2 Å². The Morgan fingerprint density at radius 2 is 2.04 bits per heavy atom. The molecule has 24 heavy (non-hydrogen) atoms. The Labute approximate surface area is 141 Å². The van der Waals surface area contributed by atoms with E-state index in [1.165, 1.54) is 4.90 Å². The van der Waals surface area contributed by atoms with E-state index in [9.17, 15) is 28.1 Å². The van der Waals surface area contributed by atoms with E-state index in [1.54, 1.807) is 13.8 Å². The number of amides is 1. The van der Waals surface area contributed by atoms with Gasteiger partial charge in [0.05, 0.1) is 21.1 Å². The summed E-state index contributed by atoms with van der Waals surface area (Å²) in [6.45, 7) is 8.08. The van der Waals surface area contributed by atoms with E-state index in [1.807, 2.05) is 0 Å². The molecule has 1 aromatic rings. The molecule has 0 atom stereocenters. The number of hydrogen-bond donors (Lipinski definition) is 0. The smallest absolute Gasteiger partial charge is 0.338 e. The molecule has 0 fully saturated rings. The van der Waals surface area contributed by atoms with Crippen LogP contribution in [0.25, 0.3) is 0 Å². The van der Waals surface area contributed by atoms with Crippen LogP contribution in [-0.4, -0.2) is 34.6 Å². The van der Waals surface area contributed by atoms with Gasteiger partial charge in [0.15, 0.2) is 0 Å². The zero-order valence-corrected chi connectivity index (χ0v) is 14.0. The summed E-state index contributed by atoms with van der Waals surface area (Å²) in [5.74, 6) is -0.368. The highest BCUT2D eigenvalue weighted by molar-refractivity contribution is 8.00. The van der Waals surface area contributed by atoms with Crippen LogP contribution in [-0.2, 0) is 11.0 Å². The number of hydrogen-bond acceptors (Lipinski definition) is 4. The molecule has 0 aromatic heterocycles. The molecule has 0 radical (unpaired) electrons. The first-order valence-corrected chi connectivity index (χ1v) is 7.95. The lowest BCUT2D eigenvalue weighted by Crippen LogP contribution is -2.33. The molecule has 1 rings (SSSR count). The molecule has 0 N–H and O–H groups in total. The molecular formula is C15H17F3N2O3S. The second-order valence-corrected chi connectivity index (χ2v) is 6.11. The van der Waals surface area contributed by atoms with E-state index < -0.39 is 22.4 Å². The van der Waals surface area contributed by atoms with Crippen molar-refractivity contribution in [2.24, 2.45) is 0 Å². The van der Waals surface area contributed by atoms with Gasteiger partial charge in [0, 0.05) is 19.2 Å². The molecule has 0 aliphatic rings. The SMILES string of the molecule is C=C(C)CN(CC)C(=O)CSc1ccc(C(F)(F)F)cc1[N+](=O)[O-]. The predicted octanol–water partition coefficient (Wildman–Crippen LogP) is 4.13. The molecule has 1 aromatic carbocycles. The summed E-state index contributed by atoms with van der Waals surface area (Å²) in [6, 6.07) is 2.28. The van der Waals surface area contributed by atoms with E-state index >= 15 is 0 Å². The standard InChI is InChI=1S/C15H17F3N2O3S/c1-4-19(8-10(2)3)14(21)9-24-13-6-5-11(15(16,17)18)7-12(13)20(22)23/h5-7H,2,4,8-9H2,1,3H3. The van der Waals surface area contributed by atoms with Crippen molar-refractivity contribution in [1.82, 2.24) is 4.90 Å². The maximum Gasteiger partial charge on any atom is 0.416 e. The van der Waals surface area contributed by atoms with Crippen molar-refractivity contribution in [3.63, 3.8) is 0 Å². The summed E-state index contributed by atoms with van der Waals surface area (Å²) in [5.41, 5.74) is -0.969. The number of benzene rings is 1. The average molecular weight is 362 g/mol. The summed E-state index contributed by atoms with van der Waals surface area (Å²) in [4.78, 5) is 23.8. The van der Waals surface area contributed by atoms with Crippen LogP contribution in [0, 0.1) is 10.1 Å². The van der Waals surface area contributed by atoms with Crippen molar-refractivity contribution in [1.29, 1.82) is 0 Å². The van der Waals surface area contributed by atoms with Crippen LogP contribution in [0.1, 0.15) is 19.4 Å². The number of rotatable bonds is 7. The number of thioether (sulfide) groups is 1. The topological polar surface area (TPSA) is 63.5 Å². The lowest BCUT2D eigenvalue weighted by atomic mass is 10.2. The highest BCUT2D eigenvalue weighted by Crippen LogP contribution is 2.36. The number of nitro groups is 1. The molecule has 0 aliphatic carbocycles. The van der Waals surface area contributed by atoms with E-state index in [0.717, 1.165) is 29.5 Å². The molecule has 0 saturated carbocycles. The molecule has 0 bridgehead atoms. The fourth-order valence-electron chi connectivity index (χ4n) is 1.89. The van der Waals surface area contributed by atoms with Crippen LogP contribution in [0.3, 0.4) is 0 Å². The molecule has 9 heteroatoms. The maximum atomic E-state index is 12.7. The number of carbonyl (C=O) groups is 1. The first-order chi connectivity index (χ1) is 11.1. The number of nitrogens with zero attached hydrogens (tertiary/aromatic N) is 2. The highest BCUT2D eigenvalue weighted by Gasteiger charge is 2.33. The Kier molecular flexibility index (Phi) is 6.82. The van der Waals surface area contributed by atoms with E-state index in [-0.39, 0.29) is 16.6 Å². The molecule has 0 unspecified atom stereocenters. The summed E-state index contributed by atoms with van der Waals surface area (Å²) < 4.78 is 38.0. The minimum Gasteiger partial charge on any atom is -0.338 e. The average Bonchev–Trinajstić information content (AvgIpc) is 2.48. The lowest BCUT2D eigenvalue weighted by Gasteiger charge is -2.20. The van der Waals surface area contributed by atoms with Gasteiger partial charge in [0.25, 0.3) is 5.69 Å². The third-order valence-electron chi connectivity index (χ3n) is 3.03. The first-order valence-electron chi connectivity index (χ1n) is 6.96. The van der Waals surface area contributed by atoms with Gasteiger partial charge in [-0.1, -0.05) is 12.2 Å². The fraction of sp³-hybridized carbons (Fsp3) is 0.400. The van der Waals surface area contributed by atoms with Gasteiger partial charge in [-0.15, -0.1) is 11.8 Å². The summed E-state index contributed by atoms with van der Waals surface area (Å²) >= 11 is 0.844. The van der Waals surface area contributed by atoms with Crippen molar-refractivity contribution < 1.29 is 22.9 Å². The van der Waals surface area contributed by atoms with E-state index in [2.05, 4.69) is 6.58 Å². The Hall–Kier alpha value is -2.03. The van der Waals surface area contributed by atoms with Crippen molar-refractivity contribution in [2.75, 3.05) is 18.8 Å². The largest absolute Gasteiger partial charge is 0.416 e. The third-order valence-corrected chi connectivity index (χ3v) is 4.08. The van der Waals surface area contributed by atoms with Crippen LogP contribution in [0.4, 0.5) is 18.9 Å². The van der Waals surface area contributed by atoms with Crippen LogP contribution >= 0.6 is 11.8 Å². The molecule has 5 nitrogen and oxygen atoms in total. The third kappa shape index (κ3) is 5.55. The van der Waals surface area contributed by atoms with E-state index in [4.69, 9.17) is 0 Å². The van der Waals surface area contributed by atoms with Crippen molar-refractivity contribution in [3.05, 3.63) is 46.0 Å². The maximum absolute atomic E-state index is 12.7. The van der Waals surface area contributed by atoms with Gasteiger partial charge in [0.1, 0.15) is 0 Å². The second-order valence-electron chi connectivity index (χ2n) is 5.09. The van der Waals surface area contributed by atoms with Gasteiger partial charge in [0.2, 0.25) is 5.91 Å². The molecule has 0 saturated heterocycles. The Morgan fingerprint density at radius 3 is 2.50 bits per heavy atom. The molecule has 1 amide bonds. The summed E-state index contributed by atoms with van der Waals surface area (Å²) in [5, 5.41) is 11.0. The molecule has 132 valence electrons. The normalized spacial score (nSPS) is 11.2. The quantitative estimate of drug-likeness (QED) is 0.317. The Bertz CT molecular complexity index is 647. The molecule has 0 heterocycles. The van der Waals surface area contributed by atoms with Crippen LogP contribution < -0.4 is 0 Å². The molecule has 0 spiro atoms. The van der Waals surface area contributed by atoms with Gasteiger partial charge in [-0.25, -0.2) is 0 Å². The number of likely N-dealkylation sites (N-methyl/N-ethyl adjacent to an activating group) is 1. The van der Waals surface area contributed by atoms with Crippen molar-refractivity contribution >= 4 is 23.4 Å². The zero-order valence-electron chi connectivity index (χ0n) is 13.2. The van der Waals surface area contributed by atoms with Gasteiger partial charge in [-0.3, -0.25) is 14.9 Å². The Balaban J connectivity index is 2.93. The van der Waals surface area contributed by atoms with Crippen molar-refractivity contribution in [3.8, 4) is 0 Å². The minimum absolute atomic E-state index is 0.0210. The number of halogens is 3. The van der Waals surface area contributed by atoms with Gasteiger partial charge in [-0.2, -0.15) is 13.2 Å². The summed E-state index contributed by atoms with van der Waals surface area (Å²) in [7, 11) is 0. The van der Waals surface area contributed by atoms with Crippen molar-refractivity contribution in [2.45, 2.75) is 24.9 Å². The van der Waals surface area contributed by atoms with Gasteiger partial charge in [-0.05, 0) is 26.0 Å². The zero-order chi connectivity index (χ0) is 18.5. The van der Waals surface area contributed by atoms with E-state index in [0.29, 0.717) is 19.2 Å². The second kappa shape index (κ2) is 8.18. The molecular weight excluding hydrogens is 345 g/mol. The number of carbonyl (C=O) groups excluding carboxylic acids is 1. The highest BCUT2D eigenvalue weighted by atomic mass is 32.2. The lowest BCUT2D eigenvalue weighted by molar-refractivity contribution is -0.388. The minimum atomic E-state index is -4.66. The van der Waals surface area contributed by atoms with Gasteiger partial charge >= 0.3 is 6.18 Å². The number of nitro benzene ring substituents is 1. The first kappa shape index (κ1) is 20.0. The predicted molar refractivity (Wildman–Crippen MR) is 85.9 cm³/mol. The van der Waals surface area contributed by atoms with Gasteiger partial charge < -0.3 is 4.90 Å². The molecule has 0 aliphatic heterocycles. The summed E-state index contributed by atoms with van der Waals surface area (Å²) in [6.07, 6.45) is -4.66. The monoisotopic (exact) mass is 362 g/mol. The van der Waals surface area contributed by atoms with Crippen LogP contribution in [0.5, 0.6) is 0 Å².